The lowest BCUT2D eigenvalue weighted by molar-refractivity contribution is -0.125. The summed E-state index contributed by atoms with van der Waals surface area (Å²) in [5, 5.41) is 5.47. The number of halogens is 1. The Labute approximate surface area is 131 Å². The molecule has 4 heteroatoms. The Morgan fingerprint density at radius 2 is 1.90 bits per heavy atom. The van der Waals surface area contributed by atoms with E-state index >= 15 is 0 Å². The largest absolute Gasteiger partial charge is 0.352 e. The maximum Gasteiger partial charge on any atom is 0.223 e. The maximum absolute atomic E-state index is 12.1. The molecule has 3 N–H and O–H groups in total. The molecule has 1 saturated carbocycles. The summed E-state index contributed by atoms with van der Waals surface area (Å²) in [7, 11) is 0. The number of carbonyl (C=O) groups is 1. The Morgan fingerprint density at radius 1 is 1.14 bits per heavy atom. The lowest BCUT2D eigenvalue weighted by Crippen LogP contribution is -2.29. The zero-order chi connectivity index (χ0) is 13.9. The molecule has 1 fully saturated rings. The third-order valence-corrected chi connectivity index (χ3v) is 4.12. The van der Waals surface area contributed by atoms with E-state index in [9.17, 15) is 4.79 Å². The minimum Gasteiger partial charge on any atom is -0.352 e. The second-order valence-corrected chi connectivity index (χ2v) is 5.67. The van der Waals surface area contributed by atoms with Crippen molar-refractivity contribution in [2.75, 3.05) is 0 Å². The average Bonchev–Trinajstić information content (AvgIpc) is 2.91. The first kappa shape index (κ1) is 15.8. The van der Waals surface area contributed by atoms with Gasteiger partial charge in [0.2, 0.25) is 5.91 Å². The van der Waals surface area contributed by atoms with Gasteiger partial charge in [-0.05, 0) is 41.7 Å². The van der Waals surface area contributed by atoms with Gasteiger partial charge in [-0.3, -0.25) is 4.79 Å². The van der Waals surface area contributed by atoms with E-state index in [4.69, 9.17) is 5.73 Å². The molecule has 0 aromatic heterocycles. The van der Waals surface area contributed by atoms with Gasteiger partial charge in [-0.1, -0.05) is 36.4 Å². The van der Waals surface area contributed by atoms with Gasteiger partial charge in [-0.2, -0.15) is 0 Å². The Morgan fingerprint density at radius 3 is 2.62 bits per heavy atom. The first-order chi connectivity index (χ1) is 9.72. The number of hydrogen-bond donors (Lipinski definition) is 2. The number of nitrogens with one attached hydrogen (secondary N) is 1. The van der Waals surface area contributed by atoms with Crippen LogP contribution in [0.5, 0.6) is 0 Å². The fourth-order valence-electron chi connectivity index (χ4n) is 2.94. The molecule has 1 aliphatic carbocycles. The summed E-state index contributed by atoms with van der Waals surface area (Å²) in [5.74, 6) is 0.247. The molecule has 2 atom stereocenters. The monoisotopic (exact) mass is 304 g/mol. The van der Waals surface area contributed by atoms with Crippen molar-refractivity contribution in [3.63, 3.8) is 0 Å². The Bertz CT molecular complexity index is 629. The molecule has 0 aliphatic heterocycles. The van der Waals surface area contributed by atoms with Crippen molar-refractivity contribution in [1.29, 1.82) is 0 Å². The number of hydrogen-bond acceptors (Lipinski definition) is 2. The van der Waals surface area contributed by atoms with Gasteiger partial charge in [-0.25, -0.2) is 0 Å². The number of amides is 1. The molecule has 0 heterocycles. The Kier molecular flexibility index (Phi) is 5.21. The van der Waals surface area contributed by atoms with Gasteiger partial charge in [0.15, 0.2) is 0 Å². The van der Waals surface area contributed by atoms with Crippen LogP contribution in [0, 0.1) is 5.92 Å². The van der Waals surface area contributed by atoms with Crippen LogP contribution in [0.1, 0.15) is 24.8 Å². The molecule has 0 spiro atoms. The molecule has 3 nitrogen and oxygen atoms in total. The molecule has 1 amide bonds. The normalized spacial score (nSPS) is 21.0. The number of nitrogens with two attached hydrogens (primary N) is 1. The molecular formula is C17H21ClN2O. The van der Waals surface area contributed by atoms with Crippen LogP contribution >= 0.6 is 12.4 Å². The second kappa shape index (κ2) is 6.92. The third kappa shape index (κ3) is 3.74. The molecule has 0 bridgehead atoms. The van der Waals surface area contributed by atoms with Gasteiger partial charge >= 0.3 is 0 Å². The number of fused-ring (bicyclic) bond motifs is 1. The van der Waals surface area contributed by atoms with Gasteiger partial charge < -0.3 is 11.1 Å². The van der Waals surface area contributed by atoms with E-state index < -0.39 is 0 Å². The van der Waals surface area contributed by atoms with E-state index in [2.05, 4.69) is 35.6 Å². The zero-order valence-electron chi connectivity index (χ0n) is 11.9. The van der Waals surface area contributed by atoms with Crippen LogP contribution in [-0.2, 0) is 11.3 Å². The van der Waals surface area contributed by atoms with E-state index in [1.165, 1.54) is 10.8 Å². The van der Waals surface area contributed by atoms with Crippen LogP contribution < -0.4 is 11.1 Å². The van der Waals surface area contributed by atoms with E-state index in [1.54, 1.807) is 0 Å². The molecule has 3 rings (SSSR count). The van der Waals surface area contributed by atoms with Crippen LogP contribution in [-0.4, -0.2) is 11.9 Å². The molecule has 1 aliphatic rings. The summed E-state index contributed by atoms with van der Waals surface area (Å²) in [5.41, 5.74) is 6.99. The topological polar surface area (TPSA) is 55.1 Å². The van der Waals surface area contributed by atoms with Crippen molar-refractivity contribution in [3.8, 4) is 0 Å². The highest BCUT2D eigenvalue weighted by molar-refractivity contribution is 5.85. The van der Waals surface area contributed by atoms with Crippen molar-refractivity contribution in [3.05, 3.63) is 48.0 Å². The van der Waals surface area contributed by atoms with Crippen LogP contribution in [0.2, 0.25) is 0 Å². The lowest BCUT2D eigenvalue weighted by Gasteiger charge is -2.11. The minimum absolute atomic E-state index is 0. The van der Waals surface area contributed by atoms with E-state index in [1.807, 2.05) is 12.1 Å². The van der Waals surface area contributed by atoms with Gasteiger partial charge in [-0.15, -0.1) is 12.4 Å². The molecule has 0 radical (unpaired) electrons. The number of benzene rings is 2. The molecule has 2 unspecified atom stereocenters. The van der Waals surface area contributed by atoms with E-state index in [0.717, 1.165) is 24.8 Å². The predicted octanol–water partition coefficient (Wildman–Crippen LogP) is 3.01. The molecule has 2 aromatic rings. The first-order valence-electron chi connectivity index (χ1n) is 7.23. The third-order valence-electron chi connectivity index (χ3n) is 4.12. The second-order valence-electron chi connectivity index (χ2n) is 5.67. The van der Waals surface area contributed by atoms with Gasteiger partial charge in [0, 0.05) is 18.5 Å². The summed E-state index contributed by atoms with van der Waals surface area (Å²) >= 11 is 0. The average molecular weight is 305 g/mol. The van der Waals surface area contributed by atoms with Gasteiger partial charge in [0.05, 0.1) is 0 Å². The van der Waals surface area contributed by atoms with Crippen molar-refractivity contribution < 1.29 is 4.79 Å². The quantitative estimate of drug-likeness (QED) is 0.916. The zero-order valence-corrected chi connectivity index (χ0v) is 12.7. The molecule has 112 valence electrons. The smallest absolute Gasteiger partial charge is 0.223 e. The molecule has 0 saturated heterocycles. The van der Waals surface area contributed by atoms with E-state index in [0.29, 0.717) is 6.54 Å². The standard InChI is InChI=1S/C17H20N2O.ClH/c18-16-8-7-15(10-16)17(20)19-11-12-5-6-13-3-1-2-4-14(13)9-12;/h1-6,9,15-16H,7-8,10-11,18H2,(H,19,20);1H. The van der Waals surface area contributed by atoms with Crippen LogP contribution in [0.15, 0.2) is 42.5 Å². The van der Waals surface area contributed by atoms with E-state index in [-0.39, 0.29) is 30.3 Å². The first-order valence-corrected chi connectivity index (χ1v) is 7.23. The van der Waals surface area contributed by atoms with Crippen molar-refractivity contribution >= 4 is 29.1 Å². The van der Waals surface area contributed by atoms with Crippen LogP contribution in [0.3, 0.4) is 0 Å². The summed E-state index contributed by atoms with van der Waals surface area (Å²) in [6.07, 6.45) is 2.71. The molecular weight excluding hydrogens is 284 g/mol. The maximum atomic E-state index is 12.1. The highest BCUT2D eigenvalue weighted by Crippen LogP contribution is 2.24. The summed E-state index contributed by atoms with van der Waals surface area (Å²) < 4.78 is 0. The summed E-state index contributed by atoms with van der Waals surface area (Å²) in [6.45, 7) is 0.593. The predicted molar refractivity (Wildman–Crippen MR) is 88.4 cm³/mol. The van der Waals surface area contributed by atoms with Crippen molar-refractivity contribution in [1.82, 2.24) is 5.32 Å². The van der Waals surface area contributed by atoms with Crippen molar-refractivity contribution in [2.24, 2.45) is 11.7 Å². The Balaban J connectivity index is 0.00000161. The number of carbonyl (C=O) groups excluding carboxylic acids is 1. The van der Waals surface area contributed by atoms with Gasteiger partial charge in [0.1, 0.15) is 0 Å². The summed E-state index contributed by atoms with van der Waals surface area (Å²) in [6, 6.07) is 14.8. The highest BCUT2D eigenvalue weighted by Gasteiger charge is 2.27. The fourth-order valence-corrected chi connectivity index (χ4v) is 2.94. The summed E-state index contributed by atoms with van der Waals surface area (Å²) in [4.78, 5) is 12.1. The number of rotatable bonds is 3. The lowest BCUT2D eigenvalue weighted by atomic mass is 10.1. The molecule has 2 aromatic carbocycles. The minimum atomic E-state index is 0. The Hall–Kier alpha value is -1.58. The van der Waals surface area contributed by atoms with Crippen LogP contribution in [0.4, 0.5) is 0 Å². The highest BCUT2D eigenvalue weighted by atomic mass is 35.5. The van der Waals surface area contributed by atoms with Crippen molar-refractivity contribution in [2.45, 2.75) is 31.8 Å². The van der Waals surface area contributed by atoms with Gasteiger partial charge in [0.25, 0.3) is 0 Å². The fraction of sp³-hybridized carbons (Fsp3) is 0.353. The molecule has 21 heavy (non-hydrogen) atoms. The SMILES string of the molecule is Cl.NC1CCC(C(=O)NCc2ccc3ccccc3c2)C1. The van der Waals surface area contributed by atoms with Crippen LogP contribution in [0.25, 0.3) is 10.8 Å².